The van der Waals surface area contributed by atoms with E-state index in [1.165, 1.54) is 16.7 Å². The molecule has 1 aliphatic rings. The van der Waals surface area contributed by atoms with Crippen LogP contribution in [0.4, 0.5) is 10.2 Å². The highest BCUT2D eigenvalue weighted by molar-refractivity contribution is 5.96. The molecule has 0 saturated carbocycles. The third-order valence-corrected chi connectivity index (χ3v) is 8.00. The number of anilines is 1. The van der Waals surface area contributed by atoms with Gasteiger partial charge in [-0.1, -0.05) is 19.8 Å². The Morgan fingerprint density at radius 1 is 1.13 bits per heavy atom. The van der Waals surface area contributed by atoms with Gasteiger partial charge in [0.2, 0.25) is 11.3 Å². The van der Waals surface area contributed by atoms with Crippen LogP contribution < -0.4 is 26.5 Å². The van der Waals surface area contributed by atoms with Crippen LogP contribution in [0.15, 0.2) is 40.2 Å². The number of ether oxygens (including phenoxy) is 1. The summed E-state index contributed by atoms with van der Waals surface area (Å²) in [7, 11) is 0. The predicted octanol–water partition coefficient (Wildman–Crippen LogP) is 3.11. The highest BCUT2D eigenvalue weighted by Gasteiger charge is 2.32. The van der Waals surface area contributed by atoms with Crippen LogP contribution in [0.25, 0.3) is 17.0 Å². The molecular formula is C32H40FN9O5. The molecule has 0 saturated heterocycles. The first-order chi connectivity index (χ1) is 22.7. The molecule has 4 aromatic rings. The van der Waals surface area contributed by atoms with Crippen molar-refractivity contribution in [2.75, 3.05) is 25.0 Å². The van der Waals surface area contributed by atoms with E-state index in [1.54, 1.807) is 21.6 Å². The predicted molar refractivity (Wildman–Crippen MR) is 173 cm³/mol. The summed E-state index contributed by atoms with van der Waals surface area (Å²) in [6.07, 6.45) is 6.53. The van der Waals surface area contributed by atoms with Crippen LogP contribution in [0.5, 0.6) is 5.75 Å². The van der Waals surface area contributed by atoms with Crippen LogP contribution >= 0.6 is 0 Å². The number of carbonyl (C=O) groups excluding carboxylic acids is 2. The van der Waals surface area contributed by atoms with Crippen LogP contribution in [0.1, 0.15) is 75.5 Å². The summed E-state index contributed by atoms with van der Waals surface area (Å²) in [6.45, 7) is 7.78. The number of carbonyl (C=O) groups is 2. The molecular weight excluding hydrogens is 609 g/mol. The van der Waals surface area contributed by atoms with Gasteiger partial charge in [-0.3, -0.25) is 14.4 Å². The number of aromatic nitrogens is 6. The zero-order valence-corrected chi connectivity index (χ0v) is 26.8. The molecule has 0 spiro atoms. The van der Waals surface area contributed by atoms with Crippen LogP contribution in [0.3, 0.4) is 0 Å². The highest BCUT2D eigenvalue weighted by Crippen LogP contribution is 2.24. The largest absolute Gasteiger partial charge is 0.487 e. The number of fused-ring (bicyclic) bond motifs is 2. The third kappa shape index (κ3) is 7.67. The zero-order valence-electron chi connectivity index (χ0n) is 26.8. The van der Waals surface area contributed by atoms with Gasteiger partial charge in [-0.15, -0.1) is 0 Å². The Hall–Kier alpha value is -5.08. The van der Waals surface area contributed by atoms with Gasteiger partial charge in [0, 0.05) is 55.6 Å². The fourth-order valence-electron chi connectivity index (χ4n) is 5.43. The standard InChI is InChI=1S/C32H40FN9O5/c1-4-5-15-47-28-24(43)16-22(41-14-13-40(20(2)3)31(45)27(28)41)17-35-26(44)9-7-6-8-12-34-30-23(33)18-36-29(37-30)21-10-11-25-38-39-32(46)42(25)19-21/h10-11,16,18-20H,4-9,12-15,17H2,1-3H3,(H,35,44)(H,39,46)(H,34,36,37). The van der Waals surface area contributed by atoms with Gasteiger partial charge in [0.1, 0.15) is 0 Å². The number of rotatable bonds is 15. The Kier molecular flexibility index (Phi) is 10.6. The molecule has 0 radical (unpaired) electrons. The Morgan fingerprint density at radius 2 is 1.96 bits per heavy atom. The van der Waals surface area contributed by atoms with Crippen LogP contribution in [0, 0.1) is 5.82 Å². The number of nitrogens with one attached hydrogen (secondary N) is 3. The summed E-state index contributed by atoms with van der Waals surface area (Å²) < 4.78 is 23.3. The highest BCUT2D eigenvalue weighted by atomic mass is 19.1. The second kappa shape index (κ2) is 15.0. The molecule has 15 heteroatoms. The van der Waals surface area contributed by atoms with Crippen molar-refractivity contribution in [3.63, 3.8) is 0 Å². The van der Waals surface area contributed by atoms with Gasteiger partial charge in [-0.2, -0.15) is 5.10 Å². The first-order valence-corrected chi connectivity index (χ1v) is 16.0. The van der Waals surface area contributed by atoms with E-state index < -0.39 is 11.5 Å². The van der Waals surface area contributed by atoms with Crippen molar-refractivity contribution in [2.45, 2.75) is 78.4 Å². The second-order valence-electron chi connectivity index (χ2n) is 11.7. The fraction of sp³-hybridized carbons (Fsp3) is 0.469. The zero-order chi connectivity index (χ0) is 33.5. The molecule has 250 valence electrons. The minimum atomic E-state index is -0.602. The first kappa shape index (κ1) is 33.3. The lowest BCUT2D eigenvalue weighted by Gasteiger charge is -2.35. The van der Waals surface area contributed by atoms with E-state index in [9.17, 15) is 23.6 Å². The van der Waals surface area contributed by atoms with Crippen LogP contribution in [-0.4, -0.2) is 71.6 Å². The van der Waals surface area contributed by atoms with Gasteiger partial charge in [0.25, 0.3) is 5.91 Å². The number of unbranched alkanes of at least 4 members (excludes halogenated alkanes) is 3. The molecule has 2 amide bonds. The second-order valence-corrected chi connectivity index (χ2v) is 11.7. The van der Waals surface area contributed by atoms with Crippen molar-refractivity contribution in [1.29, 1.82) is 0 Å². The lowest BCUT2D eigenvalue weighted by atomic mass is 10.1. The molecule has 47 heavy (non-hydrogen) atoms. The number of pyridine rings is 2. The number of aromatic amines is 1. The van der Waals surface area contributed by atoms with Crippen molar-refractivity contribution >= 4 is 23.3 Å². The summed E-state index contributed by atoms with van der Waals surface area (Å²) in [4.78, 5) is 61.0. The number of nitrogens with zero attached hydrogens (tertiary/aromatic N) is 6. The van der Waals surface area contributed by atoms with E-state index in [-0.39, 0.29) is 59.3 Å². The average Bonchev–Trinajstić information content (AvgIpc) is 3.43. The molecule has 0 aromatic carbocycles. The van der Waals surface area contributed by atoms with Crippen LogP contribution in [-0.2, 0) is 17.9 Å². The van der Waals surface area contributed by atoms with Crippen molar-refractivity contribution < 1.29 is 18.7 Å². The molecule has 1 aliphatic heterocycles. The SMILES string of the molecule is CCCCOc1c2n(c(CNC(=O)CCCCCNc3nc(-c4ccc5n[nH]c(=O)n5c4)ncc3F)cc1=O)CCN(C(C)C)C2=O. The summed E-state index contributed by atoms with van der Waals surface area (Å²) in [5, 5.41) is 12.1. The monoisotopic (exact) mass is 649 g/mol. The number of amides is 2. The van der Waals surface area contributed by atoms with Gasteiger partial charge < -0.3 is 24.8 Å². The molecule has 4 aromatic heterocycles. The van der Waals surface area contributed by atoms with Gasteiger partial charge in [0.05, 0.1) is 19.3 Å². The van der Waals surface area contributed by atoms with E-state index in [1.807, 2.05) is 20.8 Å². The van der Waals surface area contributed by atoms with E-state index in [0.29, 0.717) is 62.4 Å². The van der Waals surface area contributed by atoms with E-state index in [0.717, 1.165) is 19.0 Å². The lowest BCUT2D eigenvalue weighted by molar-refractivity contribution is -0.121. The summed E-state index contributed by atoms with van der Waals surface area (Å²) in [6, 6.07) is 4.76. The van der Waals surface area contributed by atoms with Gasteiger partial charge in [0.15, 0.2) is 34.6 Å². The molecule has 0 unspecified atom stereocenters. The normalized spacial score (nSPS) is 12.9. The quantitative estimate of drug-likeness (QED) is 0.164. The molecule has 5 rings (SSSR count). The van der Waals surface area contributed by atoms with Crippen LogP contribution in [0.2, 0.25) is 0 Å². The van der Waals surface area contributed by atoms with E-state index in [4.69, 9.17) is 4.74 Å². The van der Waals surface area contributed by atoms with Crippen molar-refractivity contribution in [3.8, 4) is 17.1 Å². The minimum absolute atomic E-state index is 0.0252. The topological polar surface area (TPSA) is 169 Å². The van der Waals surface area contributed by atoms with Crippen molar-refractivity contribution in [1.82, 2.24) is 39.3 Å². The third-order valence-electron chi connectivity index (χ3n) is 8.00. The Balaban J connectivity index is 1.11. The summed E-state index contributed by atoms with van der Waals surface area (Å²) >= 11 is 0. The molecule has 3 N–H and O–H groups in total. The number of H-pyrrole nitrogens is 1. The maximum atomic E-state index is 14.4. The summed E-state index contributed by atoms with van der Waals surface area (Å²) in [5.74, 6) is -0.651. The van der Waals surface area contributed by atoms with E-state index in [2.05, 4.69) is 30.8 Å². The molecule has 0 fully saturated rings. The first-order valence-electron chi connectivity index (χ1n) is 16.0. The maximum absolute atomic E-state index is 14.4. The average molecular weight is 650 g/mol. The van der Waals surface area contributed by atoms with Crippen molar-refractivity contribution in [2.24, 2.45) is 0 Å². The Labute approximate surface area is 270 Å². The molecule has 0 atom stereocenters. The molecule has 5 heterocycles. The molecule has 14 nitrogen and oxygen atoms in total. The maximum Gasteiger partial charge on any atom is 0.347 e. The van der Waals surface area contributed by atoms with Crippen molar-refractivity contribution in [3.05, 3.63) is 68.5 Å². The molecule has 0 aliphatic carbocycles. The Morgan fingerprint density at radius 3 is 2.74 bits per heavy atom. The van der Waals surface area contributed by atoms with Gasteiger partial charge in [-0.05, 0) is 45.2 Å². The summed E-state index contributed by atoms with van der Waals surface area (Å²) in [5.41, 5.74) is 1.00. The fourth-order valence-corrected chi connectivity index (χ4v) is 5.43. The van der Waals surface area contributed by atoms with Gasteiger partial charge in [-0.25, -0.2) is 28.7 Å². The number of halogens is 1. The Bertz CT molecular complexity index is 1870. The van der Waals surface area contributed by atoms with E-state index >= 15 is 0 Å². The number of hydrogen-bond donors (Lipinski definition) is 3. The lowest BCUT2D eigenvalue weighted by Crippen LogP contribution is -2.46. The minimum Gasteiger partial charge on any atom is -0.487 e. The van der Waals surface area contributed by atoms with Gasteiger partial charge >= 0.3 is 5.69 Å². The number of hydrogen-bond acceptors (Lipinski definition) is 9. The smallest absolute Gasteiger partial charge is 0.347 e. The molecule has 0 bridgehead atoms.